The minimum Gasteiger partial charge on any atom is -0.481 e. The van der Waals surface area contributed by atoms with E-state index in [-0.39, 0.29) is 29.5 Å². The van der Waals surface area contributed by atoms with E-state index in [1.807, 2.05) is 30.3 Å². The molecule has 6 heteroatoms. The van der Waals surface area contributed by atoms with Crippen molar-refractivity contribution in [2.75, 3.05) is 13.1 Å². The summed E-state index contributed by atoms with van der Waals surface area (Å²) in [6.07, 6.45) is 1.97. The first-order chi connectivity index (χ1) is 12.4. The van der Waals surface area contributed by atoms with Crippen molar-refractivity contribution >= 4 is 12.0 Å². The lowest BCUT2D eigenvalue weighted by molar-refractivity contribution is -0.143. The van der Waals surface area contributed by atoms with Crippen LogP contribution >= 0.6 is 0 Å². The number of urea groups is 1. The Labute approximate surface area is 154 Å². The normalized spacial score (nSPS) is 25.4. The number of carboxylic acid groups (broad SMARTS) is 1. The molecule has 1 saturated carbocycles. The highest BCUT2D eigenvalue weighted by atomic mass is 16.5. The van der Waals surface area contributed by atoms with Crippen LogP contribution in [0.1, 0.15) is 38.7 Å². The maximum atomic E-state index is 12.5. The van der Waals surface area contributed by atoms with E-state index in [9.17, 15) is 9.59 Å². The average molecular weight is 360 g/mol. The van der Waals surface area contributed by atoms with E-state index in [2.05, 4.69) is 19.2 Å². The lowest BCUT2D eigenvalue weighted by Gasteiger charge is -2.52. The van der Waals surface area contributed by atoms with Crippen LogP contribution in [0, 0.1) is 11.3 Å². The quantitative estimate of drug-likeness (QED) is 0.846. The van der Waals surface area contributed by atoms with Gasteiger partial charge in [0, 0.05) is 24.5 Å². The highest BCUT2D eigenvalue weighted by molar-refractivity contribution is 5.76. The van der Waals surface area contributed by atoms with Gasteiger partial charge in [-0.15, -0.1) is 0 Å². The molecule has 2 unspecified atom stereocenters. The van der Waals surface area contributed by atoms with Crippen LogP contribution in [-0.2, 0) is 16.1 Å². The number of hydrogen-bond acceptors (Lipinski definition) is 3. The molecule has 0 spiro atoms. The van der Waals surface area contributed by atoms with Gasteiger partial charge in [-0.2, -0.15) is 0 Å². The summed E-state index contributed by atoms with van der Waals surface area (Å²) in [5.74, 6) is -1.08. The number of benzene rings is 1. The number of likely N-dealkylation sites (tertiary alicyclic amines) is 1. The third-order valence-electron chi connectivity index (χ3n) is 5.90. The lowest BCUT2D eigenvalue weighted by Crippen LogP contribution is -2.63. The van der Waals surface area contributed by atoms with Crippen molar-refractivity contribution in [3.05, 3.63) is 35.9 Å². The van der Waals surface area contributed by atoms with Gasteiger partial charge in [0.05, 0.1) is 18.6 Å². The summed E-state index contributed by atoms with van der Waals surface area (Å²) < 4.78 is 6.05. The van der Waals surface area contributed by atoms with Crippen LogP contribution in [0.15, 0.2) is 30.3 Å². The molecule has 2 amide bonds. The molecule has 2 atom stereocenters. The molecular formula is C20H28N2O4. The minimum atomic E-state index is -0.761. The van der Waals surface area contributed by atoms with Crippen molar-refractivity contribution in [2.45, 2.75) is 51.9 Å². The Morgan fingerprint density at radius 2 is 1.88 bits per heavy atom. The molecule has 2 fully saturated rings. The molecule has 1 aromatic carbocycles. The van der Waals surface area contributed by atoms with Gasteiger partial charge in [-0.1, -0.05) is 44.2 Å². The van der Waals surface area contributed by atoms with Crippen LogP contribution < -0.4 is 5.32 Å². The summed E-state index contributed by atoms with van der Waals surface area (Å²) in [5.41, 5.74) is 1.03. The molecule has 6 nitrogen and oxygen atoms in total. The van der Waals surface area contributed by atoms with Gasteiger partial charge in [0.25, 0.3) is 0 Å². The number of hydrogen-bond donors (Lipinski definition) is 2. The molecule has 0 aromatic heterocycles. The zero-order valence-corrected chi connectivity index (χ0v) is 15.5. The van der Waals surface area contributed by atoms with E-state index in [4.69, 9.17) is 9.84 Å². The highest BCUT2D eigenvalue weighted by Crippen LogP contribution is 2.43. The van der Waals surface area contributed by atoms with E-state index in [1.54, 1.807) is 4.90 Å². The zero-order chi connectivity index (χ0) is 18.7. The van der Waals surface area contributed by atoms with Crippen LogP contribution in [0.25, 0.3) is 0 Å². The number of nitrogens with one attached hydrogen (secondary N) is 1. The maximum absolute atomic E-state index is 12.5. The standard InChI is InChI=1S/C20H28N2O4/c1-20(2)16(12-17(20)26-13-14-6-4-3-5-7-14)21-19(25)22-10-8-15(9-11-22)18(23)24/h3-7,15-17H,8-13H2,1-2H3,(H,21,25)(H,23,24). The Morgan fingerprint density at radius 3 is 2.46 bits per heavy atom. The Morgan fingerprint density at radius 1 is 1.23 bits per heavy atom. The average Bonchev–Trinajstić information content (AvgIpc) is 2.64. The number of piperidine rings is 1. The molecule has 1 aliphatic heterocycles. The van der Waals surface area contributed by atoms with Crippen molar-refractivity contribution in [2.24, 2.45) is 11.3 Å². The van der Waals surface area contributed by atoms with Crippen LogP contribution in [0.5, 0.6) is 0 Å². The number of carbonyl (C=O) groups excluding carboxylic acids is 1. The summed E-state index contributed by atoms with van der Waals surface area (Å²) >= 11 is 0. The van der Waals surface area contributed by atoms with E-state index < -0.39 is 5.97 Å². The fraction of sp³-hybridized carbons (Fsp3) is 0.600. The first-order valence-electron chi connectivity index (χ1n) is 9.31. The number of nitrogens with zero attached hydrogens (tertiary/aromatic N) is 1. The molecule has 0 bridgehead atoms. The summed E-state index contributed by atoms with van der Waals surface area (Å²) in [4.78, 5) is 25.2. The monoisotopic (exact) mass is 360 g/mol. The van der Waals surface area contributed by atoms with E-state index in [1.165, 1.54) is 0 Å². The van der Waals surface area contributed by atoms with Crippen molar-refractivity contribution in [1.29, 1.82) is 0 Å². The van der Waals surface area contributed by atoms with Gasteiger partial charge in [0.15, 0.2) is 0 Å². The fourth-order valence-corrected chi connectivity index (χ4v) is 3.75. The maximum Gasteiger partial charge on any atom is 0.317 e. The third-order valence-corrected chi connectivity index (χ3v) is 5.90. The Kier molecular flexibility index (Phi) is 5.51. The molecule has 2 aliphatic rings. The van der Waals surface area contributed by atoms with Crippen molar-refractivity contribution in [1.82, 2.24) is 10.2 Å². The van der Waals surface area contributed by atoms with E-state index >= 15 is 0 Å². The fourth-order valence-electron chi connectivity index (χ4n) is 3.75. The number of aliphatic carboxylic acids is 1. The Hall–Kier alpha value is -2.08. The predicted octanol–water partition coefficient (Wildman–Crippen LogP) is 2.88. The van der Waals surface area contributed by atoms with Crippen LogP contribution in [0.3, 0.4) is 0 Å². The molecule has 2 N–H and O–H groups in total. The number of amides is 2. The van der Waals surface area contributed by atoms with Crippen LogP contribution in [-0.4, -0.2) is 47.2 Å². The molecule has 26 heavy (non-hydrogen) atoms. The van der Waals surface area contributed by atoms with Gasteiger partial charge in [0.2, 0.25) is 0 Å². The van der Waals surface area contributed by atoms with Gasteiger partial charge in [-0.3, -0.25) is 4.79 Å². The predicted molar refractivity (Wildman–Crippen MR) is 97.7 cm³/mol. The third kappa shape index (κ3) is 4.01. The zero-order valence-electron chi connectivity index (χ0n) is 15.5. The van der Waals surface area contributed by atoms with E-state index in [0.29, 0.717) is 32.5 Å². The van der Waals surface area contributed by atoms with Crippen LogP contribution in [0.2, 0.25) is 0 Å². The van der Waals surface area contributed by atoms with Gasteiger partial charge in [-0.05, 0) is 24.8 Å². The molecule has 142 valence electrons. The molecule has 0 radical (unpaired) electrons. The molecule has 1 aromatic rings. The first kappa shape index (κ1) is 18.7. The number of rotatable bonds is 5. The number of carboxylic acids is 1. The van der Waals surface area contributed by atoms with Gasteiger partial charge < -0.3 is 20.1 Å². The summed E-state index contributed by atoms with van der Waals surface area (Å²) in [6.45, 7) is 5.83. The Balaban J connectivity index is 1.45. The van der Waals surface area contributed by atoms with E-state index in [0.717, 1.165) is 12.0 Å². The smallest absolute Gasteiger partial charge is 0.317 e. The molecule has 3 rings (SSSR count). The Bertz CT molecular complexity index is 638. The molecule has 1 heterocycles. The largest absolute Gasteiger partial charge is 0.481 e. The van der Waals surface area contributed by atoms with Crippen molar-refractivity contribution < 1.29 is 19.4 Å². The lowest BCUT2D eigenvalue weighted by atomic mass is 9.64. The second-order valence-electron chi connectivity index (χ2n) is 7.94. The summed E-state index contributed by atoms with van der Waals surface area (Å²) in [6, 6.07) is 10.1. The molecular weight excluding hydrogens is 332 g/mol. The second kappa shape index (κ2) is 7.66. The van der Waals surface area contributed by atoms with Gasteiger partial charge in [-0.25, -0.2) is 4.79 Å². The SMILES string of the molecule is CC1(C)C(NC(=O)N2CCC(C(=O)O)CC2)CC1OCc1ccccc1. The highest BCUT2D eigenvalue weighted by Gasteiger charge is 2.50. The number of ether oxygens (including phenoxy) is 1. The summed E-state index contributed by atoms with van der Waals surface area (Å²) in [5, 5.41) is 12.2. The second-order valence-corrected chi connectivity index (χ2v) is 7.94. The summed E-state index contributed by atoms with van der Waals surface area (Å²) in [7, 11) is 0. The van der Waals surface area contributed by atoms with Crippen LogP contribution in [0.4, 0.5) is 4.79 Å². The van der Waals surface area contributed by atoms with Gasteiger partial charge in [0.1, 0.15) is 0 Å². The van der Waals surface area contributed by atoms with Gasteiger partial charge >= 0.3 is 12.0 Å². The van der Waals surface area contributed by atoms with Crippen molar-refractivity contribution in [3.63, 3.8) is 0 Å². The molecule has 1 saturated heterocycles. The topological polar surface area (TPSA) is 78.9 Å². The van der Waals surface area contributed by atoms with Crippen molar-refractivity contribution in [3.8, 4) is 0 Å². The minimum absolute atomic E-state index is 0.0768. The molecule has 1 aliphatic carbocycles. The number of carbonyl (C=O) groups is 2. The first-order valence-corrected chi connectivity index (χ1v) is 9.31.